The Morgan fingerprint density at radius 2 is 2.05 bits per heavy atom. The number of carbonyl (C=O) groups excluding carboxylic acids is 1. The molecule has 2 heterocycles. The SMILES string of the molecule is O=C(c1ccc[n+]([O-])c1S(=O)(=O)Cl)N1CCOCC1. The van der Waals surface area contributed by atoms with Gasteiger partial charge in [-0.3, -0.25) is 4.79 Å². The van der Waals surface area contributed by atoms with Gasteiger partial charge in [0, 0.05) is 29.8 Å². The highest BCUT2D eigenvalue weighted by molar-refractivity contribution is 8.13. The average molecular weight is 307 g/mol. The number of morpholine rings is 1. The first-order valence-corrected chi connectivity index (χ1v) is 7.76. The Morgan fingerprint density at radius 3 is 2.63 bits per heavy atom. The van der Waals surface area contributed by atoms with Crippen molar-refractivity contribution in [2.75, 3.05) is 26.3 Å². The lowest BCUT2D eigenvalue weighted by atomic mass is 10.2. The van der Waals surface area contributed by atoms with Gasteiger partial charge >= 0.3 is 14.1 Å². The molecule has 0 aromatic carbocycles. The van der Waals surface area contributed by atoms with Crippen LogP contribution in [0.15, 0.2) is 23.4 Å². The predicted molar refractivity (Wildman–Crippen MR) is 65.2 cm³/mol. The van der Waals surface area contributed by atoms with Crippen molar-refractivity contribution in [2.45, 2.75) is 5.03 Å². The van der Waals surface area contributed by atoms with Crippen molar-refractivity contribution in [3.63, 3.8) is 0 Å². The minimum atomic E-state index is -4.30. The van der Waals surface area contributed by atoms with E-state index in [4.69, 9.17) is 15.4 Å². The highest BCUT2D eigenvalue weighted by atomic mass is 35.7. The van der Waals surface area contributed by atoms with Crippen molar-refractivity contribution in [2.24, 2.45) is 0 Å². The molecule has 9 heteroatoms. The topological polar surface area (TPSA) is 90.6 Å². The summed E-state index contributed by atoms with van der Waals surface area (Å²) in [6.45, 7) is 1.43. The Hall–Kier alpha value is -1.38. The summed E-state index contributed by atoms with van der Waals surface area (Å²) in [5.74, 6) is -0.548. The molecule has 0 atom stereocenters. The molecule has 1 fully saturated rings. The third-order valence-corrected chi connectivity index (χ3v) is 3.97. The van der Waals surface area contributed by atoms with E-state index in [0.29, 0.717) is 26.3 Å². The smallest absolute Gasteiger partial charge is 0.336 e. The molecular formula is C10H11ClN2O5S. The number of halogens is 1. The monoisotopic (exact) mass is 306 g/mol. The zero-order chi connectivity index (χ0) is 14.0. The van der Waals surface area contributed by atoms with E-state index in [1.165, 1.54) is 17.0 Å². The van der Waals surface area contributed by atoms with Crippen LogP contribution in [0.25, 0.3) is 0 Å². The number of ether oxygens (including phenoxy) is 1. The van der Waals surface area contributed by atoms with E-state index >= 15 is 0 Å². The molecule has 104 valence electrons. The lowest BCUT2D eigenvalue weighted by Gasteiger charge is -2.26. The van der Waals surface area contributed by atoms with Crippen LogP contribution in [0.3, 0.4) is 0 Å². The summed E-state index contributed by atoms with van der Waals surface area (Å²) in [6, 6.07) is 2.56. The second-order valence-corrected chi connectivity index (χ2v) is 6.38. The number of hydrogen-bond acceptors (Lipinski definition) is 5. The second-order valence-electron chi connectivity index (χ2n) is 3.90. The highest BCUT2D eigenvalue weighted by Gasteiger charge is 2.32. The minimum Gasteiger partial charge on any atom is -0.618 e. The normalized spacial score (nSPS) is 16.4. The van der Waals surface area contributed by atoms with Crippen LogP contribution in [0.1, 0.15) is 10.4 Å². The van der Waals surface area contributed by atoms with Gasteiger partial charge in [-0.15, -0.1) is 0 Å². The number of aromatic nitrogens is 1. The van der Waals surface area contributed by atoms with Gasteiger partial charge in [0.05, 0.1) is 13.2 Å². The van der Waals surface area contributed by atoms with E-state index in [1.54, 1.807) is 0 Å². The molecule has 19 heavy (non-hydrogen) atoms. The average Bonchev–Trinajstić information content (AvgIpc) is 2.37. The van der Waals surface area contributed by atoms with Gasteiger partial charge in [0.25, 0.3) is 5.91 Å². The molecule has 0 bridgehead atoms. The molecule has 1 aromatic rings. The quantitative estimate of drug-likeness (QED) is 0.426. The lowest BCUT2D eigenvalue weighted by molar-refractivity contribution is -0.646. The Bertz CT molecular complexity index is 598. The van der Waals surface area contributed by atoms with Crippen LogP contribution in [-0.4, -0.2) is 45.5 Å². The number of amides is 1. The zero-order valence-electron chi connectivity index (χ0n) is 9.78. The number of carbonyl (C=O) groups is 1. The van der Waals surface area contributed by atoms with Crippen molar-refractivity contribution in [1.29, 1.82) is 0 Å². The van der Waals surface area contributed by atoms with E-state index in [9.17, 15) is 18.4 Å². The zero-order valence-corrected chi connectivity index (χ0v) is 11.4. The summed E-state index contributed by atoms with van der Waals surface area (Å²) in [5.41, 5.74) is -0.227. The molecule has 1 aliphatic heterocycles. The van der Waals surface area contributed by atoms with Gasteiger partial charge in [-0.1, -0.05) is 0 Å². The Kier molecular flexibility index (Phi) is 3.93. The summed E-state index contributed by atoms with van der Waals surface area (Å²) in [7, 11) is 0.904. The first kappa shape index (κ1) is 14.0. The van der Waals surface area contributed by atoms with Gasteiger partial charge in [0.15, 0.2) is 6.20 Å². The fourth-order valence-corrected chi connectivity index (χ4v) is 2.96. The highest BCUT2D eigenvalue weighted by Crippen LogP contribution is 2.18. The number of rotatable bonds is 2. The van der Waals surface area contributed by atoms with Crippen molar-refractivity contribution in [1.82, 2.24) is 4.90 Å². The van der Waals surface area contributed by atoms with Crippen LogP contribution in [0.2, 0.25) is 0 Å². The fraction of sp³-hybridized carbons (Fsp3) is 0.400. The maximum absolute atomic E-state index is 12.2. The summed E-state index contributed by atoms with van der Waals surface area (Å²) in [4.78, 5) is 13.6. The molecule has 0 aliphatic carbocycles. The Balaban J connectivity index is 2.45. The molecule has 2 rings (SSSR count). The number of hydrogen-bond donors (Lipinski definition) is 0. The molecule has 0 spiro atoms. The number of nitrogens with zero attached hydrogens (tertiary/aromatic N) is 2. The standard InChI is InChI=1S/C10H11ClN2O5S/c11-19(16,17)10-8(2-1-3-13(10)15)9(14)12-4-6-18-7-5-12/h1-3H,4-7H2. The lowest BCUT2D eigenvalue weighted by Crippen LogP contribution is -2.43. The first-order valence-electron chi connectivity index (χ1n) is 5.45. The van der Waals surface area contributed by atoms with Crippen molar-refractivity contribution < 1.29 is 22.7 Å². The molecule has 0 unspecified atom stereocenters. The van der Waals surface area contributed by atoms with Crippen LogP contribution in [0.4, 0.5) is 0 Å². The molecule has 0 N–H and O–H groups in total. The fourth-order valence-electron chi connectivity index (χ4n) is 1.81. The third kappa shape index (κ3) is 2.96. The summed E-state index contributed by atoms with van der Waals surface area (Å²) in [5, 5.41) is 10.8. The maximum Gasteiger partial charge on any atom is 0.336 e. The van der Waals surface area contributed by atoms with Crippen LogP contribution in [0.5, 0.6) is 0 Å². The molecule has 0 saturated carbocycles. The molecule has 7 nitrogen and oxygen atoms in total. The van der Waals surface area contributed by atoms with E-state index in [0.717, 1.165) is 6.20 Å². The molecular weight excluding hydrogens is 296 g/mol. The summed E-state index contributed by atoms with van der Waals surface area (Å²) < 4.78 is 28.0. The van der Waals surface area contributed by atoms with Gasteiger partial charge < -0.3 is 14.8 Å². The molecule has 1 aromatic heterocycles. The minimum absolute atomic E-state index is 0.0794. The summed E-state index contributed by atoms with van der Waals surface area (Å²) >= 11 is 0. The van der Waals surface area contributed by atoms with Gasteiger partial charge in [-0.05, 0) is 6.07 Å². The van der Waals surface area contributed by atoms with E-state index in [-0.39, 0.29) is 10.3 Å². The van der Waals surface area contributed by atoms with E-state index in [1.807, 2.05) is 0 Å². The third-order valence-electron chi connectivity index (χ3n) is 2.67. The van der Waals surface area contributed by atoms with Gasteiger partial charge in [0.1, 0.15) is 5.56 Å². The van der Waals surface area contributed by atoms with Crippen LogP contribution in [-0.2, 0) is 13.8 Å². The van der Waals surface area contributed by atoms with Gasteiger partial charge in [-0.2, -0.15) is 4.73 Å². The van der Waals surface area contributed by atoms with Gasteiger partial charge in [-0.25, -0.2) is 8.42 Å². The van der Waals surface area contributed by atoms with Crippen LogP contribution >= 0.6 is 10.7 Å². The van der Waals surface area contributed by atoms with Crippen molar-refractivity contribution in [3.8, 4) is 0 Å². The Morgan fingerprint density at radius 1 is 1.42 bits per heavy atom. The van der Waals surface area contributed by atoms with Crippen LogP contribution < -0.4 is 4.73 Å². The largest absolute Gasteiger partial charge is 0.618 e. The number of pyridine rings is 1. The van der Waals surface area contributed by atoms with Crippen molar-refractivity contribution >= 4 is 25.6 Å². The molecule has 1 amide bonds. The molecule has 1 aliphatic rings. The van der Waals surface area contributed by atoms with Gasteiger partial charge in [0.2, 0.25) is 0 Å². The van der Waals surface area contributed by atoms with Crippen LogP contribution in [0, 0.1) is 5.21 Å². The summed E-state index contributed by atoms with van der Waals surface area (Å²) in [6.07, 6.45) is 0.978. The second kappa shape index (κ2) is 5.32. The van der Waals surface area contributed by atoms with Crippen molar-refractivity contribution in [3.05, 3.63) is 29.1 Å². The van der Waals surface area contributed by atoms with E-state index < -0.39 is 20.0 Å². The predicted octanol–water partition coefficient (Wildman–Crippen LogP) is -0.280. The molecule has 1 saturated heterocycles. The van der Waals surface area contributed by atoms with E-state index in [2.05, 4.69) is 0 Å². The molecule has 0 radical (unpaired) electrons. The Labute approximate surface area is 114 Å². The first-order chi connectivity index (χ1) is 8.91. The maximum atomic E-state index is 12.2.